The molecule has 0 N–H and O–H groups in total. The zero-order chi connectivity index (χ0) is 17.9. The number of Topliss-reactive ketones (excluding diaryl/α,β-unsaturated/α-hetero) is 1. The summed E-state index contributed by atoms with van der Waals surface area (Å²) in [6.07, 6.45) is 3.44. The SMILES string of the molecule is COc1ccc(N2C=C(C(=O)Cc3ccccc3)C(C)(C)CC2)cc1. The third-order valence-corrected chi connectivity index (χ3v) is 4.90. The van der Waals surface area contributed by atoms with E-state index in [0.29, 0.717) is 6.42 Å². The Labute approximate surface area is 149 Å². The molecule has 0 atom stereocenters. The molecule has 0 aliphatic carbocycles. The Morgan fingerprint density at radius 3 is 2.40 bits per heavy atom. The van der Waals surface area contributed by atoms with E-state index >= 15 is 0 Å². The molecule has 3 heteroatoms. The van der Waals surface area contributed by atoms with Gasteiger partial charge in [0.05, 0.1) is 7.11 Å². The van der Waals surface area contributed by atoms with Gasteiger partial charge >= 0.3 is 0 Å². The number of anilines is 1. The lowest BCUT2D eigenvalue weighted by atomic mass is 9.76. The van der Waals surface area contributed by atoms with E-state index < -0.39 is 0 Å². The van der Waals surface area contributed by atoms with Gasteiger partial charge in [-0.15, -0.1) is 0 Å². The fourth-order valence-electron chi connectivity index (χ4n) is 3.23. The van der Waals surface area contributed by atoms with Crippen molar-refractivity contribution in [1.82, 2.24) is 0 Å². The summed E-state index contributed by atoms with van der Waals surface area (Å²) < 4.78 is 5.23. The van der Waals surface area contributed by atoms with Crippen molar-refractivity contribution in [3.63, 3.8) is 0 Å². The Balaban J connectivity index is 1.85. The highest BCUT2D eigenvalue weighted by atomic mass is 16.5. The van der Waals surface area contributed by atoms with E-state index in [-0.39, 0.29) is 11.2 Å². The van der Waals surface area contributed by atoms with E-state index in [1.54, 1.807) is 7.11 Å². The molecule has 0 aromatic heterocycles. The van der Waals surface area contributed by atoms with Crippen molar-refractivity contribution in [3.05, 3.63) is 71.9 Å². The first-order chi connectivity index (χ1) is 12.0. The second-order valence-electron chi connectivity index (χ2n) is 7.15. The summed E-state index contributed by atoms with van der Waals surface area (Å²) in [5, 5.41) is 0. The molecule has 1 aliphatic heterocycles. The van der Waals surface area contributed by atoms with Gasteiger partial charge in [-0.3, -0.25) is 4.79 Å². The molecule has 3 nitrogen and oxygen atoms in total. The Hall–Kier alpha value is -2.55. The van der Waals surface area contributed by atoms with Crippen LogP contribution in [0.3, 0.4) is 0 Å². The summed E-state index contributed by atoms with van der Waals surface area (Å²) >= 11 is 0. The molecular formula is C22H25NO2. The quantitative estimate of drug-likeness (QED) is 0.798. The van der Waals surface area contributed by atoms with Crippen LogP contribution in [0.15, 0.2) is 66.4 Å². The van der Waals surface area contributed by atoms with Crippen LogP contribution in [0.2, 0.25) is 0 Å². The van der Waals surface area contributed by atoms with E-state index in [0.717, 1.165) is 35.5 Å². The molecule has 0 amide bonds. The molecule has 130 valence electrons. The third-order valence-electron chi connectivity index (χ3n) is 4.90. The van der Waals surface area contributed by atoms with E-state index in [2.05, 4.69) is 18.7 Å². The first-order valence-electron chi connectivity index (χ1n) is 8.70. The van der Waals surface area contributed by atoms with Crippen molar-refractivity contribution in [2.45, 2.75) is 26.7 Å². The van der Waals surface area contributed by atoms with Crippen molar-refractivity contribution in [2.75, 3.05) is 18.6 Å². The topological polar surface area (TPSA) is 29.5 Å². The number of rotatable bonds is 5. The van der Waals surface area contributed by atoms with Gasteiger partial charge in [0.1, 0.15) is 5.75 Å². The minimum absolute atomic E-state index is 0.102. The van der Waals surface area contributed by atoms with Crippen LogP contribution in [0, 0.1) is 5.41 Å². The first-order valence-corrected chi connectivity index (χ1v) is 8.70. The lowest BCUT2D eigenvalue weighted by Crippen LogP contribution is -2.35. The van der Waals surface area contributed by atoms with Crippen molar-refractivity contribution in [1.29, 1.82) is 0 Å². The van der Waals surface area contributed by atoms with Crippen LogP contribution in [-0.2, 0) is 11.2 Å². The predicted molar refractivity (Wildman–Crippen MR) is 102 cm³/mol. The highest BCUT2D eigenvalue weighted by Gasteiger charge is 2.33. The van der Waals surface area contributed by atoms with Crippen LogP contribution in [0.25, 0.3) is 0 Å². The van der Waals surface area contributed by atoms with Gasteiger partial charge in [0.15, 0.2) is 5.78 Å². The number of carbonyl (C=O) groups is 1. The standard InChI is InChI=1S/C22H25NO2/c1-22(2)13-14-23(18-9-11-19(25-3)12-10-18)16-20(22)21(24)15-17-7-5-4-6-8-17/h4-12,16H,13-15H2,1-3H3. The van der Waals surface area contributed by atoms with Crippen molar-refractivity contribution < 1.29 is 9.53 Å². The summed E-state index contributed by atoms with van der Waals surface area (Å²) in [4.78, 5) is 15.1. The van der Waals surface area contributed by atoms with Gasteiger partial charge in [-0.2, -0.15) is 0 Å². The van der Waals surface area contributed by atoms with Crippen molar-refractivity contribution >= 4 is 11.5 Å². The molecule has 0 fully saturated rings. The van der Waals surface area contributed by atoms with Gasteiger partial charge in [0.2, 0.25) is 0 Å². The van der Waals surface area contributed by atoms with Crippen molar-refractivity contribution in [3.8, 4) is 5.75 Å². The summed E-state index contributed by atoms with van der Waals surface area (Å²) in [5.41, 5.74) is 2.94. The van der Waals surface area contributed by atoms with Crippen LogP contribution in [0.1, 0.15) is 25.8 Å². The Bertz CT molecular complexity index is 760. The molecule has 3 rings (SSSR count). The number of allylic oxidation sites excluding steroid dienone is 1. The highest BCUT2D eigenvalue weighted by molar-refractivity contribution is 5.98. The average Bonchev–Trinajstić information content (AvgIpc) is 2.62. The highest BCUT2D eigenvalue weighted by Crippen LogP contribution is 2.37. The summed E-state index contributed by atoms with van der Waals surface area (Å²) in [7, 11) is 1.67. The lowest BCUT2D eigenvalue weighted by Gasteiger charge is -2.37. The maximum Gasteiger partial charge on any atom is 0.165 e. The molecule has 0 saturated heterocycles. The number of hydrogen-bond acceptors (Lipinski definition) is 3. The number of benzene rings is 2. The summed E-state index contributed by atoms with van der Waals surface area (Å²) in [6.45, 7) is 5.22. The molecule has 1 heterocycles. The first kappa shape index (κ1) is 17.3. The van der Waals surface area contributed by atoms with Gasteiger partial charge in [0, 0.05) is 30.4 Å². The van der Waals surface area contributed by atoms with Crippen LogP contribution < -0.4 is 9.64 Å². The Morgan fingerprint density at radius 2 is 1.76 bits per heavy atom. The molecule has 0 bridgehead atoms. The van der Waals surface area contributed by atoms with Gasteiger partial charge in [-0.1, -0.05) is 44.2 Å². The van der Waals surface area contributed by atoms with E-state index in [1.165, 1.54) is 0 Å². The van der Waals surface area contributed by atoms with E-state index in [1.807, 2.05) is 60.8 Å². The Kier molecular flexibility index (Phi) is 4.93. The maximum atomic E-state index is 12.9. The van der Waals surface area contributed by atoms with E-state index in [4.69, 9.17) is 4.74 Å². The fourth-order valence-corrected chi connectivity index (χ4v) is 3.23. The van der Waals surface area contributed by atoms with Gasteiger partial charge in [0.25, 0.3) is 0 Å². The van der Waals surface area contributed by atoms with Gasteiger partial charge in [-0.25, -0.2) is 0 Å². The average molecular weight is 335 g/mol. The largest absolute Gasteiger partial charge is 0.497 e. The van der Waals surface area contributed by atoms with Gasteiger partial charge in [-0.05, 0) is 41.7 Å². The smallest absolute Gasteiger partial charge is 0.165 e. The molecule has 25 heavy (non-hydrogen) atoms. The normalized spacial score (nSPS) is 16.3. The zero-order valence-electron chi connectivity index (χ0n) is 15.2. The predicted octanol–water partition coefficient (Wildman–Crippen LogP) is 4.63. The molecule has 0 unspecified atom stereocenters. The minimum Gasteiger partial charge on any atom is -0.497 e. The van der Waals surface area contributed by atoms with Crippen LogP contribution in [0.4, 0.5) is 5.69 Å². The van der Waals surface area contributed by atoms with Crippen LogP contribution >= 0.6 is 0 Å². The fraction of sp³-hybridized carbons (Fsp3) is 0.318. The number of ketones is 1. The lowest BCUT2D eigenvalue weighted by molar-refractivity contribution is -0.116. The van der Waals surface area contributed by atoms with Crippen LogP contribution in [0.5, 0.6) is 5.75 Å². The second kappa shape index (κ2) is 7.14. The maximum absolute atomic E-state index is 12.9. The molecule has 1 aliphatic rings. The van der Waals surface area contributed by atoms with Gasteiger partial charge < -0.3 is 9.64 Å². The van der Waals surface area contributed by atoms with E-state index in [9.17, 15) is 4.79 Å². The Morgan fingerprint density at radius 1 is 1.08 bits per heavy atom. The monoisotopic (exact) mass is 335 g/mol. The minimum atomic E-state index is -0.102. The molecule has 2 aromatic carbocycles. The second-order valence-corrected chi connectivity index (χ2v) is 7.15. The number of nitrogens with zero attached hydrogens (tertiary/aromatic N) is 1. The van der Waals surface area contributed by atoms with Crippen LogP contribution in [-0.4, -0.2) is 19.4 Å². The molecule has 0 radical (unpaired) electrons. The summed E-state index contributed by atoms with van der Waals surface area (Å²) in [6, 6.07) is 17.9. The molecular weight excluding hydrogens is 310 g/mol. The summed E-state index contributed by atoms with van der Waals surface area (Å²) in [5.74, 6) is 1.04. The molecule has 0 saturated carbocycles. The number of carbonyl (C=O) groups excluding carboxylic acids is 1. The number of ether oxygens (including phenoxy) is 1. The third kappa shape index (κ3) is 3.93. The molecule has 2 aromatic rings. The number of methoxy groups -OCH3 is 1. The number of hydrogen-bond donors (Lipinski definition) is 0. The zero-order valence-corrected chi connectivity index (χ0v) is 15.2. The van der Waals surface area contributed by atoms with Crippen molar-refractivity contribution in [2.24, 2.45) is 5.41 Å². The molecule has 0 spiro atoms.